The van der Waals surface area contributed by atoms with Crippen LogP contribution in [0.15, 0.2) is 73.1 Å². The topological polar surface area (TPSA) is 93.2 Å². The van der Waals surface area contributed by atoms with E-state index in [-0.39, 0.29) is 0 Å². The van der Waals surface area contributed by atoms with Gasteiger partial charge in [0, 0.05) is 40.0 Å². The Morgan fingerprint density at radius 3 is 2.59 bits per heavy atom. The fourth-order valence-corrected chi connectivity index (χ4v) is 4.42. The Hall–Kier alpha value is -3.91. The molecule has 7 nitrogen and oxygen atoms in total. The number of pyridine rings is 2. The highest BCUT2D eigenvalue weighted by Crippen LogP contribution is 2.38. The van der Waals surface area contributed by atoms with E-state index in [0.717, 1.165) is 44.5 Å². The summed E-state index contributed by atoms with van der Waals surface area (Å²) >= 11 is 0. The Morgan fingerprint density at radius 2 is 1.78 bits per heavy atom. The van der Waals surface area contributed by atoms with Crippen molar-refractivity contribution in [1.82, 2.24) is 9.97 Å². The van der Waals surface area contributed by atoms with E-state index in [1.165, 1.54) is 0 Å². The van der Waals surface area contributed by atoms with Gasteiger partial charge in [-0.3, -0.25) is 9.71 Å². The molecule has 0 unspecified atom stereocenters. The molecule has 0 aliphatic carbocycles. The van der Waals surface area contributed by atoms with Crippen LogP contribution in [0.1, 0.15) is 0 Å². The minimum absolute atomic E-state index is 0.429. The van der Waals surface area contributed by atoms with E-state index in [4.69, 9.17) is 9.72 Å². The largest absolute Gasteiger partial charge is 0.494 e. The molecule has 160 valence electrons. The molecule has 0 fully saturated rings. The second-order valence-corrected chi connectivity index (χ2v) is 9.23. The molecule has 0 spiro atoms. The lowest BCUT2D eigenvalue weighted by atomic mass is 10.0. The number of sulfonamides is 1. The molecule has 0 radical (unpaired) electrons. The predicted octanol–water partition coefficient (Wildman–Crippen LogP) is 5.06. The van der Waals surface area contributed by atoms with Gasteiger partial charge in [0.25, 0.3) is 0 Å². The van der Waals surface area contributed by atoms with E-state index in [2.05, 4.69) is 15.0 Å². The molecule has 5 aromatic rings. The van der Waals surface area contributed by atoms with Crippen molar-refractivity contribution in [1.29, 1.82) is 0 Å². The van der Waals surface area contributed by atoms with Crippen molar-refractivity contribution in [3.63, 3.8) is 0 Å². The summed E-state index contributed by atoms with van der Waals surface area (Å²) in [6, 6.07) is 19.1. The molecule has 3 aromatic carbocycles. The number of methoxy groups -OCH3 is 1. The highest BCUT2D eigenvalue weighted by atomic mass is 32.2. The number of hydrogen-bond donors (Lipinski definition) is 2. The third-order valence-electron chi connectivity index (χ3n) is 5.23. The number of nitrogens with one attached hydrogen (secondary N) is 2. The molecule has 0 saturated heterocycles. The fraction of sp³-hybridized carbons (Fsp3) is 0.0833. The van der Waals surface area contributed by atoms with Gasteiger partial charge in [-0.1, -0.05) is 24.3 Å². The number of ether oxygens (including phenoxy) is 1. The quantitative estimate of drug-likeness (QED) is 0.291. The van der Waals surface area contributed by atoms with Crippen LogP contribution in [-0.4, -0.2) is 31.8 Å². The van der Waals surface area contributed by atoms with Crippen molar-refractivity contribution in [2.24, 2.45) is 0 Å². The van der Waals surface area contributed by atoms with Gasteiger partial charge in [0.05, 0.1) is 41.5 Å². The number of anilines is 3. The molecule has 0 aliphatic heterocycles. The Morgan fingerprint density at radius 1 is 0.938 bits per heavy atom. The number of para-hydroxylation sites is 1. The summed E-state index contributed by atoms with van der Waals surface area (Å²) in [5, 5.41) is 7.47. The van der Waals surface area contributed by atoms with Gasteiger partial charge in [0.2, 0.25) is 10.0 Å². The van der Waals surface area contributed by atoms with E-state index in [9.17, 15) is 8.42 Å². The second kappa shape index (κ2) is 7.65. The lowest BCUT2D eigenvalue weighted by Crippen LogP contribution is -2.09. The molecule has 2 heterocycles. The van der Waals surface area contributed by atoms with Gasteiger partial charge in [-0.25, -0.2) is 13.4 Å². The molecule has 0 atom stereocenters. The summed E-state index contributed by atoms with van der Waals surface area (Å²) < 4.78 is 31.2. The molecule has 0 bridgehead atoms. The molecule has 5 rings (SSSR count). The van der Waals surface area contributed by atoms with Crippen LogP contribution in [0.25, 0.3) is 32.6 Å². The Balaban J connectivity index is 1.72. The lowest BCUT2D eigenvalue weighted by molar-refractivity contribution is 0.417. The van der Waals surface area contributed by atoms with Crippen LogP contribution >= 0.6 is 0 Å². The zero-order valence-corrected chi connectivity index (χ0v) is 18.3. The predicted molar refractivity (Wildman–Crippen MR) is 129 cm³/mol. The summed E-state index contributed by atoms with van der Waals surface area (Å²) in [5.74, 6) is 0.512. The van der Waals surface area contributed by atoms with Gasteiger partial charge in [0.15, 0.2) is 0 Å². The minimum Gasteiger partial charge on any atom is -0.494 e. The maximum absolute atomic E-state index is 11.6. The van der Waals surface area contributed by atoms with Gasteiger partial charge in [0.1, 0.15) is 5.75 Å². The van der Waals surface area contributed by atoms with Crippen LogP contribution in [0.4, 0.5) is 17.1 Å². The Labute approximate surface area is 185 Å². The lowest BCUT2D eigenvalue weighted by Gasteiger charge is -2.17. The second-order valence-electron chi connectivity index (χ2n) is 7.48. The zero-order chi connectivity index (χ0) is 22.3. The van der Waals surface area contributed by atoms with Crippen LogP contribution in [0.5, 0.6) is 5.75 Å². The first kappa shape index (κ1) is 20.0. The molecule has 0 amide bonds. The van der Waals surface area contributed by atoms with Crippen molar-refractivity contribution >= 4 is 59.7 Å². The molecule has 32 heavy (non-hydrogen) atoms. The van der Waals surface area contributed by atoms with Gasteiger partial charge < -0.3 is 10.1 Å². The number of fused-ring (bicyclic) bond motifs is 4. The average Bonchev–Trinajstić information content (AvgIpc) is 2.78. The smallest absolute Gasteiger partial charge is 0.229 e. The van der Waals surface area contributed by atoms with Crippen LogP contribution in [0.2, 0.25) is 0 Å². The standard InChI is InChI=1S/C24H20N4O3S/c1-31-22-13-16(28-32(2,29)30)8-10-21(22)27-24-18-5-3-4-6-20(18)26-23-17-11-12-25-14-15(17)7-9-19(23)24/h3-14,28H,1-2H3,(H,26,27). The summed E-state index contributed by atoms with van der Waals surface area (Å²) in [6.45, 7) is 0. The highest BCUT2D eigenvalue weighted by molar-refractivity contribution is 7.92. The van der Waals surface area contributed by atoms with E-state index in [1.54, 1.807) is 31.5 Å². The van der Waals surface area contributed by atoms with Crippen LogP contribution in [-0.2, 0) is 10.0 Å². The highest BCUT2D eigenvalue weighted by Gasteiger charge is 2.14. The maximum atomic E-state index is 11.6. The van der Waals surface area contributed by atoms with Gasteiger partial charge in [-0.2, -0.15) is 0 Å². The molecular formula is C24H20N4O3S. The normalized spacial score (nSPS) is 11.7. The fourth-order valence-electron chi connectivity index (χ4n) is 3.86. The van der Waals surface area contributed by atoms with Crippen molar-refractivity contribution < 1.29 is 13.2 Å². The zero-order valence-electron chi connectivity index (χ0n) is 17.5. The van der Waals surface area contributed by atoms with E-state index in [0.29, 0.717) is 17.1 Å². The Kier molecular flexibility index (Phi) is 4.79. The van der Waals surface area contributed by atoms with E-state index >= 15 is 0 Å². The van der Waals surface area contributed by atoms with Gasteiger partial charge in [-0.05, 0) is 30.3 Å². The number of benzene rings is 3. The summed E-state index contributed by atoms with van der Waals surface area (Å²) in [4.78, 5) is 9.15. The summed E-state index contributed by atoms with van der Waals surface area (Å²) in [7, 11) is -1.84. The van der Waals surface area contributed by atoms with Crippen LogP contribution < -0.4 is 14.8 Å². The number of hydrogen-bond acceptors (Lipinski definition) is 6. The van der Waals surface area contributed by atoms with Gasteiger partial charge in [-0.15, -0.1) is 0 Å². The van der Waals surface area contributed by atoms with Crippen molar-refractivity contribution in [2.45, 2.75) is 0 Å². The van der Waals surface area contributed by atoms with E-state index < -0.39 is 10.0 Å². The summed E-state index contributed by atoms with van der Waals surface area (Å²) in [6.07, 6.45) is 4.71. The monoisotopic (exact) mass is 444 g/mol. The molecule has 0 aliphatic rings. The molecular weight excluding hydrogens is 424 g/mol. The first-order valence-electron chi connectivity index (χ1n) is 9.91. The third kappa shape index (κ3) is 3.65. The van der Waals surface area contributed by atoms with Crippen LogP contribution in [0.3, 0.4) is 0 Å². The Bertz CT molecular complexity index is 1600. The SMILES string of the molecule is COc1cc(NS(C)(=O)=O)ccc1Nc1c2ccccc2nc2c1ccc1cnccc12. The molecule has 8 heteroatoms. The summed E-state index contributed by atoms with van der Waals surface area (Å²) in [5.41, 5.74) is 3.77. The van der Waals surface area contributed by atoms with E-state index in [1.807, 2.05) is 48.7 Å². The number of rotatable bonds is 5. The van der Waals surface area contributed by atoms with Crippen molar-refractivity contribution in [3.8, 4) is 5.75 Å². The molecule has 0 saturated carbocycles. The first-order chi connectivity index (χ1) is 15.4. The average molecular weight is 445 g/mol. The maximum Gasteiger partial charge on any atom is 0.229 e. The molecule has 2 N–H and O–H groups in total. The van der Waals surface area contributed by atoms with Crippen molar-refractivity contribution in [3.05, 3.63) is 73.1 Å². The third-order valence-corrected chi connectivity index (χ3v) is 5.84. The number of aromatic nitrogens is 2. The van der Waals surface area contributed by atoms with Crippen LogP contribution in [0, 0.1) is 0 Å². The van der Waals surface area contributed by atoms with Gasteiger partial charge >= 0.3 is 0 Å². The first-order valence-corrected chi connectivity index (χ1v) is 11.8. The van der Waals surface area contributed by atoms with Crippen molar-refractivity contribution in [2.75, 3.05) is 23.4 Å². The number of nitrogens with zero attached hydrogens (tertiary/aromatic N) is 2. The minimum atomic E-state index is -3.39. The molecule has 2 aromatic heterocycles.